The molecule has 0 aromatic carbocycles. The Kier molecular flexibility index (Phi) is 2.87. The third kappa shape index (κ3) is 1.67. The van der Waals surface area contributed by atoms with Crippen molar-refractivity contribution in [3.63, 3.8) is 0 Å². The van der Waals surface area contributed by atoms with Crippen LogP contribution < -0.4 is 0 Å². The molecule has 2 rings (SSSR count). The number of imide groups is 1. The molecule has 0 bridgehead atoms. The Labute approximate surface area is 97.6 Å². The van der Waals surface area contributed by atoms with Crippen LogP contribution in [-0.4, -0.2) is 21.7 Å². The molecule has 1 unspecified atom stereocenters. The van der Waals surface area contributed by atoms with E-state index in [4.69, 9.17) is 0 Å². The highest BCUT2D eigenvalue weighted by Crippen LogP contribution is 2.30. The van der Waals surface area contributed by atoms with Crippen molar-refractivity contribution in [3.8, 4) is 0 Å². The Hall–Kier alpha value is -1.49. The van der Waals surface area contributed by atoms with Gasteiger partial charge in [-0.1, -0.05) is 6.92 Å². The monoisotopic (exact) mass is 236 g/mol. The SMILES string of the molecule is CCC(c1nccs1)N1C(=O)C=C(C)C1=O. The van der Waals surface area contributed by atoms with Crippen molar-refractivity contribution < 1.29 is 9.59 Å². The Bertz CT molecular complexity index is 451. The average Bonchev–Trinajstić information content (AvgIpc) is 2.84. The van der Waals surface area contributed by atoms with Gasteiger partial charge in [0.1, 0.15) is 5.01 Å². The summed E-state index contributed by atoms with van der Waals surface area (Å²) in [5.41, 5.74) is 0.500. The minimum atomic E-state index is -0.232. The number of hydrogen-bond acceptors (Lipinski definition) is 4. The summed E-state index contributed by atoms with van der Waals surface area (Å²) in [4.78, 5) is 29.0. The molecule has 0 saturated heterocycles. The van der Waals surface area contributed by atoms with Gasteiger partial charge in [0.15, 0.2) is 0 Å². The van der Waals surface area contributed by atoms with Crippen LogP contribution in [0.5, 0.6) is 0 Å². The summed E-state index contributed by atoms with van der Waals surface area (Å²) in [6.45, 7) is 3.61. The van der Waals surface area contributed by atoms with Crippen LogP contribution >= 0.6 is 11.3 Å². The minimum Gasteiger partial charge on any atom is -0.269 e. The molecule has 0 spiro atoms. The molecule has 16 heavy (non-hydrogen) atoms. The second-order valence-electron chi connectivity index (χ2n) is 3.64. The van der Waals surface area contributed by atoms with E-state index >= 15 is 0 Å². The van der Waals surface area contributed by atoms with E-state index < -0.39 is 0 Å². The van der Waals surface area contributed by atoms with Gasteiger partial charge in [0.05, 0.1) is 6.04 Å². The molecule has 0 fully saturated rings. The first-order valence-electron chi connectivity index (χ1n) is 5.10. The van der Waals surface area contributed by atoms with Crippen LogP contribution in [0.15, 0.2) is 23.2 Å². The molecule has 84 valence electrons. The van der Waals surface area contributed by atoms with Crippen molar-refractivity contribution in [1.29, 1.82) is 0 Å². The number of aromatic nitrogens is 1. The number of carbonyl (C=O) groups is 2. The smallest absolute Gasteiger partial charge is 0.257 e. The third-order valence-corrected chi connectivity index (χ3v) is 3.45. The molecule has 1 aromatic heterocycles. The van der Waals surface area contributed by atoms with Gasteiger partial charge in [-0.2, -0.15) is 0 Å². The van der Waals surface area contributed by atoms with E-state index in [0.29, 0.717) is 12.0 Å². The van der Waals surface area contributed by atoms with Crippen LogP contribution in [0.4, 0.5) is 0 Å². The lowest BCUT2D eigenvalue weighted by Crippen LogP contribution is -2.34. The van der Waals surface area contributed by atoms with E-state index in [-0.39, 0.29) is 17.9 Å². The summed E-state index contributed by atoms with van der Waals surface area (Å²) in [5.74, 6) is -0.434. The van der Waals surface area contributed by atoms with Crippen molar-refractivity contribution in [1.82, 2.24) is 9.88 Å². The summed E-state index contributed by atoms with van der Waals surface area (Å²) < 4.78 is 0. The van der Waals surface area contributed by atoms with Gasteiger partial charge in [-0.25, -0.2) is 4.98 Å². The molecule has 5 heteroatoms. The quantitative estimate of drug-likeness (QED) is 0.753. The van der Waals surface area contributed by atoms with Crippen molar-refractivity contribution in [2.75, 3.05) is 0 Å². The fourth-order valence-electron chi connectivity index (χ4n) is 1.77. The Balaban J connectivity index is 2.31. The lowest BCUT2D eigenvalue weighted by atomic mass is 10.2. The molecule has 2 amide bonds. The molecule has 0 radical (unpaired) electrons. The molecule has 1 aromatic rings. The van der Waals surface area contributed by atoms with Gasteiger partial charge in [-0.3, -0.25) is 14.5 Å². The summed E-state index contributed by atoms with van der Waals surface area (Å²) in [7, 11) is 0. The zero-order valence-electron chi connectivity index (χ0n) is 9.14. The summed E-state index contributed by atoms with van der Waals surface area (Å²) in [6, 6.07) is -0.228. The van der Waals surface area contributed by atoms with Gasteiger partial charge in [-0.05, 0) is 13.3 Å². The maximum Gasteiger partial charge on any atom is 0.257 e. The lowest BCUT2D eigenvalue weighted by molar-refractivity contribution is -0.140. The lowest BCUT2D eigenvalue weighted by Gasteiger charge is -2.23. The predicted molar refractivity (Wildman–Crippen MR) is 60.8 cm³/mol. The minimum absolute atomic E-state index is 0.202. The van der Waals surface area contributed by atoms with E-state index in [0.717, 1.165) is 5.01 Å². The first kappa shape index (κ1) is 11.0. The first-order valence-corrected chi connectivity index (χ1v) is 5.98. The zero-order valence-corrected chi connectivity index (χ0v) is 9.95. The number of hydrogen-bond donors (Lipinski definition) is 0. The normalized spacial score (nSPS) is 17.9. The number of amides is 2. The van der Waals surface area contributed by atoms with Crippen LogP contribution in [0.1, 0.15) is 31.3 Å². The molecule has 1 aliphatic heterocycles. The van der Waals surface area contributed by atoms with Crippen molar-refractivity contribution in [2.24, 2.45) is 0 Å². The Morgan fingerprint density at radius 2 is 2.25 bits per heavy atom. The molecule has 4 nitrogen and oxygen atoms in total. The summed E-state index contributed by atoms with van der Waals surface area (Å²) in [5, 5.41) is 2.66. The molecular formula is C11H12N2O2S. The van der Waals surface area contributed by atoms with Gasteiger partial charge in [0.25, 0.3) is 11.8 Å². The van der Waals surface area contributed by atoms with Crippen LogP contribution in [0.2, 0.25) is 0 Å². The van der Waals surface area contributed by atoms with Crippen LogP contribution in [0, 0.1) is 0 Å². The molecule has 2 heterocycles. The highest BCUT2D eigenvalue weighted by atomic mass is 32.1. The third-order valence-electron chi connectivity index (χ3n) is 2.57. The predicted octanol–water partition coefficient (Wildman–Crippen LogP) is 1.91. The van der Waals surface area contributed by atoms with Crippen LogP contribution in [-0.2, 0) is 9.59 Å². The molecule has 1 aliphatic rings. The topological polar surface area (TPSA) is 50.3 Å². The van der Waals surface area contributed by atoms with E-state index in [9.17, 15) is 9.59 Å². The summed E-state index contributed by atoms with van der Waals surface area (Å²) >= 11 is 1.47. The molecular weight excluding hydrogens is 224 g/mol. The van der Waals surface area contributed by atoms with Gasteiger partial charge in [-0.15, -0.1) is 11.3 Å². The Morgan fingerprint density at radius 1 is 1.50 bits per heavy atom. The summed E-state index contributed by atoms with van der Waals surface area (Å²) in [6.07, 6.45) is 3.76. The Morgan fingerprint density at radius 3 is 2.69 bits per heavy atom. The first-order chi connectivity index (χ1) is 7.65. The fourth-order valence-corrected chi connectivity index (χ4v) is 2.58. The second-order valence-corrected chi connectivity index (χ2v) is 4.56. The van der Waals surface area contributed by atoms with E-state index in [1.165, 1.54) is 22.3 Å². The number of thiazole rings is 1. The maximum atomic E-state index is 11.8. The van der Waals surface area contributed by atoms with Gasteiger partial charge >= 0.3 is 0 Å². The number of nitrogens with zero attached hydrogens (tertiary/aromatic N) is 2. The largest absolute Gasteiger partial charge is 0.269 e. The van der Waals surface area contributed by atoms with Gasteiger partial charge < -0.3 is 0 Å². The second kappa shape index (κ2) is 4.17. The molecule has 0 N–H and O–H groups in total. The highest BCUT2D eigenvalue weighted by Gasteiger charge is 2.35. The molecule has 0 saturated carbocycles. The van der Waals surface area contributed by atoms with Crippen molar-refractivity contribution in [3.05, 3.63) is 28.2 Å². The van der Waals surface area contributed by atoms with E-state index in [2.05, 4.69) is 4.98 Å². The van der Waals surface area contributed by atoms with Gasteiger partial charge in [0, 0.05) is 23.2 Å². The molecule has 1 atom stereocenters. The number of carbonyl (C=O) groups excluding carboxylic acids is 2. The van der Waals surface area contributed by atoms with E-state index in [1.54, 1.807) is 13.1 Å². The van der Waals surface area contributed by atoms with E-state index in [1.807, 2.05) is 12.3 Å². The van der Waals surface area contributed by atoms with Crippen LogP contribution in [0.25, 0.3) is 0 Å². The van der Waals surface area contributed by atoms with Crippen LogP contribution in [0.3, 0.4) is 0 Å². The van der Waals surface area contributed by atoms with Crippen molar-refractivity contribution in [2.45, 2.75) is 26.3 Å². The highest BCUT2D eigenvalue weighted by molar-refractivity contribution is 7.09. The molecule has 0 aliphatic carbocycles. The average molecular weight is 236 g/mol. The fraction of sp³-hybridized carbons (Fsp3) is 0.364. The maximum absolute atomic E-state index is 11.8. The van der Waals surface area contributed by atoms with Crippen molar-refractivity contribution >= 4 is 23.2 Å². The number of rotatable bonds is 3. The van der Waals surface area contributed by atoms with Gasteiger partial charge in [0.2, 0.25) is 0 Å². The standard InChI is InChI=1S/C11H12N2O2S/c1-3-8(10-12-4-5-16-10)13-9(14)6-7(2)11(13)15/h4-6,8H,3H2,1-2H3. The zero-order chi connectivity index (χ0) is 11.7.